The van der Waals surface area contributed by atoms with E-state index in [-0.39, 0.29) is 24.4 Å². The van der Waals surface area contributed by atoms with Crippen molar-refractivity contribution in [3.8, 4) is 5.75 Å². The second kappa shape index (κ2) is 9.49. The predicted molar refractivity (Wildman–Crippen MR) is 91.2 cm³/mol. The predicted octanol–water partition coefficient (Wildman–Crippen LogP) is 2.81. The van der Waals surface area contributed by atoms with Crippen LogP contribution >= 0.6 is 12.4 Å². The van der Waals surface area contributed by atoms with Gasteiger partial charge in [-0.05, 0) is 24.8 Å². The van der Waals surface area contributed by atoms with Crippen molar-refractivity contribution in [1.82, 2.24) is 5.32 Å². The smallest absolute Gasteiger partial charge is 0.220 e. The lowest BCUT2D eigenvalue weighted by Gasteiger charge is -2.15. The molecule has 4 nitrogen and oxygen atoms in total. The molecular weight excluding hydrogens is 300 g/mol. The van der Waals surface area contributed by atoms with Gasteiger partial charge in [0.2, 0.25) is 5.91 Å². The van der Waals surface area contributed by atoms with E-state index in [0.29, 0.717) is 25.5 Å². The molecule has 1 aliphatic rings. The Labute approximate surface area is 138 Å². The molecule has 0 aliphatic heterocycles. The molecule has 0 spiro atoms. The molecule has 0 aromatic heterocycles. The summed E-state index contributed by atoms with van der Waals surface area (Å²) >= 11 is 0. The summed E-state index contributed by atoms with van der Waals surface area (Å²) in [4.78, 5) is 12.0. The van der Waals surface area contributed by atoms with Gasteiger partial charge in [-0.25, -0.2) is 0 Å². The first-order valence-corrected chi connectivity index (χ1v) is 7.54. The summed E-state index contributed by atoms with van der Waals surface area (Å²) in [5.41, 5.74) is 6.98. The van der Waals surface area contributed by atoms with E-state index in [2.05, 4.69) is 11.9 Å². The number of halogens is 1. The standard InChI is InChI=1S/C17H24N2O2.ClH/c1-2-10-21-16-9-4-3-6-14(16)12-19-17(20)11-13-7-5-8-15(13)18;/h2-4,6,9,13,15H,1,5,7-8,10-12,18H2,(H,19,20);1H/t13-,15+;/m0./s1. The van der Waals surface area contributed by atoms with Crippen LogP contribution in [0, 0.1) is 5.92 Å². The van der Waals surface area contributed by atoms with Gasteiger partial charge in [0.25, 0.3) is 0 Å². The summed E-state index contributed by atoms with van der Waals surface area (Å²) < 4.78 is 5.58. The minimum atomic E-state index is 0. The van der Waals surface area contributed by atoms with Crippen LogP contribution in [-0.2, 0) is 11.3 Å². The molecule has 3 N–H and O–H groups in total. The molecule has 1 amide bonds. The van der Waals surface area contributed by atoms with Crippen molar-refractivity contribution in [3.63, 3.8) is 0 Å². The Morgan fingerprint density at radius 3 is 2.86 bits per heavy atom. The van der Waals surface area contributed by atoms with Gasteiger partial charge in [0.1, 0.15) is 12.4 Å². The zero-order chi connectivity index (χ0) is 15.1. The van der Waals surface area contributed by atoms with Gasteiger partial charge < -0.3 is 15.8 Å². The second-order valence-corrected chi connectivity index (χ2v) is 5.54. The molecule has 2 rings (SSSR count). The molecule has 22 heavy (non-hydrogen) atoms. The summed E-state index contributed by atoms with van der Waals surface area (Å²) in [5.74, 6) is 1.18. The number of carbonyl (C=O) groups is 1. The van der Waals surface area contributed by atoms with E-state index in [1.807, 2.05) is 24.3 Å². The number of nitrogens with two attached hydrogens (primary N) is 1. The van der Waals surface area contributed by atoms with Gasteiger partial charge in [-0.15, -0.1) is 12.4 Å². The maximum atomic E-state index is 12.0. The van der Waals surface area contributed by atoms with E-state index in [1.54, 1.807) is 6.08 Å². The van der Waals surface area contributed by atoms with Crippen LogP contribution in [0.2, 0.25) is 0 Å². The lowest BCUT2D eigenvalue weighted by molar-refractivity contribution is -0.122. The first kappa shape index (κ1) is 18.5. The molecule has 1 aliphatic carbocycles. The van der Waals surface area contributed by atoms with Crippen molar-refractivity contribution in [2.75, 3.05) is 6.61 Å². The lowest BCUT2D eigenvalue weighted by Crippen LogP contribution is -2.31. The Morgan fingerprint density at radius 2 is 2.18 bits per heavy atom. The molecule has 0 unspecified atom stereocenters. The number of nitrogens with one attached hydrogen (secondary N) is 1. The third kappa shape index (κ3) is 5.35. The molecule has 0 bridgehead atoms. The van der Waals surface area contributed by atoms with Crippen LogP contribution in [-0.4, -0.2) is 18.6 Å². The summed E-state index contributed by atoms with van der Waals surface area (Å²) in [7, 11) is 0. The third-order valence-corrected chi connectivity index (χ3v) is 3.97. The molecule has 122 valence electrons. The van der Waals surface area contributed by atoms with E-state index < -0.39 is 0 Å². The summed E-state index contributed by atoms with van der Waals surface area (Å²) in [6, 6.07) is 7.90. The fourth-order valence-corrected chi connectivity index (χ4v) is 2.76. The van der Waals surface area contributed by atoms with Crippen molar-refractivity contribution >= 4 is 18.3 Å². The minimum Gasteiger partial charge on any atom is -0.489 e. The van der Waals surface area contributed by atoms with Gasteiger partial charge in [0.05, 0.1) is 0 Å². The number of rotatable bonds is 7. The van der Waals surface area contributed by atoms with Crippen LogP contribution < -0.4 is 15.8 Å². The number of para-hydroxylation sites is 1. The summed E-state index contributed by atoms with van der Waals surface area (Å²) in [6.07, 6.45) is 5.47. The van der Waals surface area contributed by atoms with Crippen LogP contribution in [0.3, 0.4) is 0 Å². The Kier molecular flexibility index (Phi) is 7.99. The average Bonchev–Trinajstić information content (AvgIpc) is 2.89. The molecule has 5 heteroatoms. The first-order chi connectivity index (χ1) is 10.2. The van der Waals surface area contributed by atoms with Crippen molar-refractivity contribution in [2.24, 2.45) is 11.7 Å². The Hall–Kier alpha value is -1.52. The zero-order valence-corrected chi connectivity index (χ0v) is 13.6. The highest BCUT2D eigenvalue weighted by molar-refractivity contribution is 5.85. The van der Waals surface area contributed by atoms with Crippen LogP contribution in [0.4, 0.5) is 0 Å². The molecule has 1 fully saturated rings. The van der Waals surface area contributed by atoms with Gasteiger partial charge in [-0.3, -0.25) is 4.79 Å². The molecular formula is C17H25ClN2O2. The first-order valence-electron chi connectivity index (χ1n) is 7.54. The molecule has 2 atom stereocenters. The van der Waals surface area contributed by atoms with Crippen molar-refractivity contribution < 1.29 is 9.53 Å². The maximum absolute atomic E-state index is 12.0. The van der Waals surface area contributed by atoms with Crippen molar-refractivity contribution in [3.05, 3.63) is 42.5 Å². The normalized spacial score (nSPS) is 20.0. The largest absolute Gasteiger partial charge is 0.489 e. The van der Waals surface area contributed by atoms with E-state index in [9.17, 15) is 4.79 Å². The van der Waals surface area contributed by atoms with Crippen molar-refractivity contribution in [2.45, 2.75) is 38.3 Å². The van der Waals surface area contributed by atoms with Gasteiger partial charge in [-0.2, -0.15) is 0 Å². The van der Waals surface area contributed by atoms with Crippen LogP contribution in [0.15, 0.2) is 36.9 Å². The molecule has 0 heterocycles. The zero-order valence-electron chi connectivity index (χ0n) is 12.8. The van der Waals surface area contributed by atoms with E-state index in [4.69, 9.17) is 10.5 Å². The van der Waals surface area contributed by atoms with Gasteiger partial charge in [0, 0.05) is 24.6 Å². The number of carbonyl (C=O) groups excluding carboxylic acids is 1. The monoisotopic (exact) mass is 324 g/mol. The van der Waals surface area contributed by atoms with Crippen LogP contribution in [0.1, 0.15) is 31.2 Å². The lowest BCUT2D eigenvalue weighted by atomic mass is 10.00. The van der Waals surface area contributed by atoms with E-state index in [0.717, 1.165) is 30.6 Å². The molecule has 0 radical (unpaired) electrons. The SMILES string of the molecule is C=CCOc1ccccc1CNC(=O)C[C@@H]1CCC[C@H]1N.Cl. The minimum absolute atomic E-state index is 0. The maximum Gasteiger partial charge on any atom is 0.220 e. The number of hydrogen-bond acceptors (Lipinski definition) is 3. The third-order valence-electron chi connectivity index (χ3n) is 3.97. The summed E-state index contributed by atoms with van der Waals surface area (Å²) in [6.45, 7) is 4.58. The molecule has 1 saturated carbocycles. The summed E-state index contributed by atoms with van der Waals surface area (Å²) in [5, 5.41) is 2.96. The molecule has 1 aromatic carbocycles. The second-order valence-electron chi connectivity index (χ2n) is 5.54. The highest BCUT2D eigenvalue weighted by Crippen LogP contribution is 2.26. The fraction of sp³-hybridized carbons (Fsp3) is 0.471. The number of benzene rings is 1. The van der Waals surface area contributed by atoms with Gasteiger partial charge in [-0.1, -0.05) is 37.3 Å². The number of ether oxygens (including phenoxy) is 1. The Bertz CT molecular complexity index is 493. The Balaban J connectivity index is 0.00000242. The number of amides is 1. The van der Waals surface area contributed by atoms with Crippen molar-refractivity contribution in [1.29, 1.82) is 0 Å². The van der Waals surface area contributed by atoms with Crippen LogP contribution in [0.5, 0.6) is 5.75 Å². The molecule has 1 aromatic rings. The van der Waals surface area contributed by atoms with Crippen LogP contribution in [0.25, 0.3) is 0 Å². The van der Waals surface area contributed by atoms with E-state index >= 15 is 0 Å². The van der Waals surface area contributed by atoms with Gasteiger partial charge in [0.15, 0.2) is 0 Å². The highest BCUT2D eigenvalue weighted by atomic mass is 35.5. The Morgan fingerprint density at radius 1 is 1.41 bits per heavy atom. The quantitative estimate of drug-likeness (QED) is 0.758. The highest BCUT2D eigenvalue weighted by Gasteiger charge is 2.25. The fourth-order valence-electron chi connectivity index (χ4n) is 2.76. The molecule has 0 saturated heterocycles. The van der Waals surface area contributed by atoms with Gasteiger partial charge >= 0.3 is 0 Å². The number of hydrogen-bond donors (Lipinski definition) is 2. The average molecular weight is 325 g/mol. The van der Waals surface area contributed by atoms with E-state index in [1.165, 1.54) is 0 Å². The topological polar surface area (TPSA) is 64.3 Å².